The maximum atomic E-state index is 5.90. The smallest absolute Gasteiger partial charge is 0.134 e. The summed E-state index contributed by atoms with van der Waals surface area (Å²) >= 11 is 5.90. The van der Waals surface area contributed by atoms with Crippen LogP contribution in [-0.4, -0.2) is 16.5 Å². The van der Waals surface area contributed by atoms with Crippen LogP contribution in [0, 0.1) is 0 Å². The molecule has 0 saturated heterocycles. The van der Waals surface area contributed by atoms with Crippen molar-refractivity contribution in [2.24, 2.45) is 0 Å². The van der Waals surface area contributed by atoms with Gasteiger partial charge in [0.1, 0.15) is 16.8 Å². The van der Waals surface area contributed by atoms with Crippen LogP contribution >= 0.6 is 11.6 Å². The second-order valence-electron chi connectivity index (χ2n) is 3.83. The predicted octanol–water partition coefficient (Wildman–Crippen LogP) is 3.68. The number of nitrogens with one attached hydrogen (secondary N) is 1. The van der Waals surface area contributed by atoms with E-state index in [0.29, 0.717) is 5.15 Å². The van der Waals surface area contributed by atoms with Crippen molar-refractivity contribution in [3.05, 3.63) is 17.0 Å². The van der Waals surface area contributed by atoms with E-state index in [4.69, 9.17) is 11.6 Å². The number of nitrogens with zero attached hydrogens (tertiary/aromatic N) is 2. The maximum absolute atomic E-state index is 5.90. The summed E-state index contributed by atoms with van der Waals surface area (Å²) in [5, 5.41) is 3.80. The highest BCUT2D eigenvalue weighted by atomic mass is 35.5. The SMILES string of the molecule is CCCCCCNc1cc(Cl)nc(CC)n1. The number of hydrogen-bond donors (Lipinski definition) is 1. The van der Waals surface area contributed by atoms with Gasteiger partial charge in [-0.1, -0.05) is 44.7 Å². The van der Waals surface area contributed by atoms with Gasteiger partial charge in [0.05, 0.1) is 0 Å². The highest BCUT2D eigenvalue weighted by Crippen LogP contribution is 2.12. The third-order valence-corrected chi connectivity index (χ3v) is 2.59. The van der Waals surface area contributed by atoms with Crippen molar-refractivity contribution in [3.63, 3.8) is 0 Å². The monoisotopic (exact) mass is 241 g/mol. The molecule has 0 aliphatic heterocycles. The molecule has 0 spiro atoms. The van der Waals surface area contributed by atoms with Crippen LogP contribution in [0.25, 0.3) is 0 Å². The summed E-state index contributed by atoms with van der Waals surface area (Å²) in [6, 6.07) is 1.78. The fourth-order valence-electron chi connectivity index (χ4n) is 1.48. The molecule has 1 rings (SSSR count). The van der Waals surface area contributed by atoms with Crippen molar-refractivity contribution in [2.75, 3.05) is 11.9 Å². The maximum Gasteiger partial charge on any atom is 0.134 e. The first-order chi connectivity index (χ1) is 7.76. The first-order valence-corrected chi connectivity index (χ1v) is 6.41. The first-order valence-electron chi connectivity index (χ1n) is 6.03. The van der Waals surface area contributed by atoms with Crippen LogP contribution in [0.2, 0.25) is 5.15 Å². The van der Waals surface area contributed by atoms with Gasteiger partial charge in [0.25, 0.3) is 0 Å². The van der Waals surface area contributed by atoms with Gasteiger partial charge >= 0.3 is 0 Å². The van der Waals surface area contributed by atoms with Crippen LogP contribution in [0.15, 0.2) is 6.07 Å². The first kappa shape index (κ1) is 13.2. The molecule has 0 amide bonds. The summed E-state index contributed by atoms with van der Waals surface area (Å²) in [5.74, 6) is 1.64. The Balaban J connectivity index is 2.38. The molecule has 0 aliphatic carbocycles. The Morgan fingerprint density at radius 2 is 2.00 bits per heavy atom. The minimum Gasteiger partial charge on any atom is -0.370 e. The third-order valence-electron chi connectivity index (χ3n) is 2.39. The normalized spacial score (nSPS) is 10.4. The number of anilines is 1. The summed E-state index contributed by atoms with van der Waals surface area (Å²) in [6.45, 7) is 5.19. The Kier molecular flexibility index (Phi) is 6.16. The minimum absolute atomic E-state index is 0.517. The topological polar surface area (TPSA) is 37.8 Å². The lowest BCUT2D eigenvalue weighted by molar-refractivity contribution is 0.684. The van der Waals surface area contributed by atoms with Crippen LogP contribution < -0.4 is 5.32 Å². The van der Waals surface area contributed by atoms with Crippen LogP contribution in [0.3, 0.4) is 0 Å². The molecule has 0 saturated carbocycles. The Labute approximate surface area is 103 Å². The average Bonchev–Trinajstić information content (AvgIpc) is 2.28. The van der Waals surface area contributed by atoms with E-state index < -0.39 is 0 Å². The molecule has 1 aromatic heterocycles. The van der Waals surface area contributed by atoms with E-state index >= 15 is 0 Å². The van der Waals surface area contributed by atoms with Crippen LogP contribution in [0.4, 0.5) is 5.82 Å². The second kappa shape index (κ2) is 7.44. The molecule has 1 N–H and O–H groups in total. The lowest BCUT2D eigenvalue weighted by Crippen LogP contribution is -2.05. The molecule has 90 valence electrons. The molecular formula is C12H20ClN3. The van der Waals surface area contributed by atoms with Crippen molar-refractivity contribution >= 4 is 17.4 Å². The van der Waals surface area contributed by atoms with Gasteiger partial charge in [-0.3, -0.25) is 0 Å². The summed E-state index contributed by atoms with van der Waals surface area (Å²) in [7, 11) is 0. The molecule has 0 aliphatic rings. The summed E-state index contributed by atoms with van der Waals surface area (Å²) in [4.78, 5) is 8.49. The Morgan fingerprint density at radius 1 is 1.19 bits per heavy atom. The molecule has 1 heterocycles. The number of aryl methyl sites for hydroxylation is 1. The molecule has 4 heteroatoms. The minimum atomic E-state index is 0.517. The zero-order valence-electron chi connectivity index (χ0n) is 10.1. The zero-order chi connectivity index (χ0) is 11.8. The summed E-state index contributed by atoms with van der Waals surface area (Å²) < 4.78 is 0. The molecular weight excluding hydrogens is 222 g/mol. The molecule has 1 aromatic rings. The van der Waals surface area contributed by atoms with Crippen LogP contribution in [-0.2, 0) is 6.42 Å². The fourth-order valence-corrected chi connectivity index (χ4v) is 1.68. The predicted molar refractivity (Wildman–Crippen MR) is 69.1 cm³/mol. The van der Waals surface area contributed by atoms with Gasteiger partial charge in [-0.25, -0.2) is 9.97 Å². The van der Waals surface area contributed by atoms with Gasteiger partial charge in [0, 0.05) is 19.0 Å². The quantitative estimate of drug-likeness (QED) is 0.585. The molecule has 0 fully saturated rings. The van der Waals surface area contributed by atoms with E-state index in [1.54, 1.807) is 6.07 Å². The van der Waals surface area contributed by atoms with Gasteiger partial charge in [-0.2, -0.15) is 0 Å². The van der Waals surface area contributed by atoms with Crippen molar-refractivity contribution < 1.29 is 0 Å². The van der Waals surface area contributed by atoms with Gasteiger partial charge in [-0.15, -0.1) is 0 Å². The summed E-state index contributed by atoms with van der Waals surface area (Å²) in [6.07, 6.45) is 5.82. The number of hydrogen-bond acceptors (Lipinski definition) is 3. The molecule has 16 heavy (non-hydrogen) atoms. The standard InChI is InChI=1S/C12H20ClN3/c1-3-5-6-7-8-14-12-9-10(13)15-11(4-2)16-12/h9H,3-8H2,1-2H3,(H,14,15,16). The van der Waals surface area contributed by atoms with Gasteiger partial charge in [-0.05, 0) is 6.42 Å². The van der Waals surface area contributed by atoms with Gasteiger partial charge < -0.3 is 5.32 Å². The van der Waals surface area contributed by atoms with Gasteiger partial charge in [0.2, 0.25) is 0 Å². The van der Waals surface area contributed by atoms with E-state index in [1.165, 1.54) is 25.7 Å². The van der Waals surface area contributed by atoms with Gasteiger partial charge in [0.15, 0.2) is 0 Å². The van der Waals surface area contributed by atoms with Crippen molar-refractivity contribution in [3.8, 4) is 0 Å². The van der Waals surface area contributed by atoms with E-state index in [9.17, 15) is 0 Å². The molecule has 0 atom stereocenters. The highest BCUT2D eigenvalue weighted by Gasteiger charge is 2.00. The number of aromatic nitrogens is 2. The second-order valence-corrected chi connectivity index (χ2v) is 4.22. The van der Waals surface area contributed by atoms with Crippen LogP contribution in [0.5, 0.6) is 0 Å². The largest absolute Gasteiger partial charge is 0.370 e. The highest BCUT2D eigenvalue weighted by molar-refractivity contribution is 6.29. The van der Waals surface area contributed by atoms with Crippen molar-refractivity contribution in [1.29, 1.82) is 0 Å². The van der Waals surface area contributed by atoms with E-state index in [-0.39, 0.29) is 0 Å². The van der Waals surface area contributed by atoms with E-state index in [1.807, 2.05) is 6.92 Å². The Hall–Kier alpha value is -0.830. The lowest BCUT2D eigenvalue weighted by Gasteiger charge is -2.06. The molecule has 0 radical (unpaired) electrons. The zero-order valence-corrected chi connectivity index (χ0v) is 10.8. The molecule has 3 nitrogen and oxygen atoms in total. The lowest BCUT2D eigenvalue weighted by atomic mass is 10.2. The number of unbranched alkanes of at least 4 members (excludes halogenated alkanes) is 3. The summed E-state index contributed by atoms with van der Waals surface area (Å²) in [5.41, 5.74) is 0. The van der Waals surface area contributed by atoms with E-state index in [2.05, 4.69) is 22.2 Å². The Bertz CT molecular complexity index is 315. The fraction of sp³-hybridized carbons (Fsp3) is 0.667. The number of halogens is 1. The molecule has 0 unspecified atom stereocenters. The average molecular weight is 242 g/mol. The molecule has 0 aromatic carbocycles. The number of rotatable bonds is 7. The Morgan fingerprint density at radius 3 is 2.69 bits per heavy atom. The third kappa shape index (κ3) is 4.79. The van der Waals surface area contributed by atoms with Crippen molar-refractivity contribution in [1.82, 2.24) is 9.97 Å². The molecule has 0 bridgehead atoms. The van der Waals surface area contributed by atoms with E-state index in [0.717, 1.165) is 24.6 Å². The van der Waals surface area contributed by atoms with Crippen molar-refractivity contribution in [2.45, 2.75) is 46.0 Å². The van der Waals surface area contributed by atoms with Crippen LogP contribution in [0.1, 0.15) is 45.4 Å².